The number of hydrogen-bond donors (Lipinski definition) is 1. The first-order valence-electron chi connectivity index (χ1n) is 6.16. The van der Waals surface area contributed by atoms with Crippen LogP contribution < -0.4 is 5.73 Å². The fourth-order valence-corrected chi connectivity index (χ4v) is 5.02. The Kier molecular flexibility index (Phi) is 3.87. The van der Waals surface area contributed by atoms with Gasteiger partial charge < -0.3 is 10.5 Å². The first-order chi connectivity index (χ1) is 7.60. The van der Waals surface area contributed by atoms with E-state index < -0.39 is 9.84 Å². The van der Waals surface area contributed by atoms with Gasteiger partial charge in [0.05, 0.1) is 10.5 Å². The average Bonchev–Trinajstić information content (AvgIpc) is 2.31. The highest BCUT2D eigenvalue weighted by molar-refractivity contribution is 7.92. The molecule has 1 saturated heterocycles. The molecule has 0 atom stereocenters. The minimum Gasteiger partial charge on any atom is -0.381 e. The highest BCUT2D eigenvalue weighted by Crippen LogP contribution is 2.29. The van der Waals surface area contributed by atoms with E-state index in [0.29, 0.717) is 26.1 Å². The normalized spacial score (nSPS) is 33.8. The Morgan fingerprint density at radius 2 is 1.38 bits per heavy atom. The van der Waals surface area contributed by atoms with Crippen LogP contribution in [0.25, 0.3) is 0 Å². The smallest absolute Gasteiger partial charge is 0.156 e. The van der Waals surface area contributed by atoms with Crippen LogP contribution in [0.3, 0.4) is 0 Å². The Labute approximate surface area is 97.5 Å². The maximum Gasteiger partial charge on any atom is 0.156 e. The molecule has 1 heterocycles. The maximum absolute atomic E-state index is 12.4. The van der Waals surface area contributed by atoms with E-state index in [1.165, 1.54) is 0 Å². The largest absolute Gasteiger partial charge is 0.381 e. The molecule has 4 nitrogen and oxygen atoms in total. The van der Waals surface area contributed by atoms with Crippen molar-refractivity contribution in [1.82, 2.24) is 0 Å². The fourth-order valence-electron chi connectivity index (χ4n) is 2.69. The Morgan fingerprint density at radius 1 is 0.875 bits per heavy atom. The molecule has 16 heavy (non-hydrogen) atoms. The van der Waals surface area contributed by atoms with Crippen LogP contribution in [0.2, 0.25) is 0 Å². The Morgan fingerprint density at radius 3 is 1.94 bits per heavy atom. The van der Waals surface area contributed by atoms with E-state index in [0.717, 1.165) is 25.7 Å². The minimum absolute atomic E-state index is 0.143. The summed E-state index contributed by atoms with van der Waals surface area (Å²) in [6, 6.07) is 0.209. The quantitative estimate of drug-likeness (QED) is 0.785. The summed E-state index contributed by atoms with van der Waals surface area (Å²) in [7, 11) is -2.94. The van der Waals surface area contributed by atoms with Crippen LogP contribution in [0.1, 0.15) is 38.5 Å². The molecule has 0 aromatic heterocycles. The first-order valence-corrected chi connectivity index (χ1v) is 7.77. The summed E-state index contributed by atoms with van der Waals surface area (Å²) < 4.78 is 29.9. The molecule has 0 bridgehead atoms. The van der Waals surface area contributed by atoms with Crippen molar-refractivity contribution in [3.8, 4) is 0 Å². The second kappa shape index (κ2) is 5.02. The third-order valence-corrected chi connectivity index (χ3v) is 6.62. The van der Waals surface area contributed by atoms with Gasteiger partial charge in [-0.05, 0) is 38.5 Å². The van der Waals surface area contributed by atoms with Crippen molar-refractivity contribution in [2.45, 2.75) is 55.1 Å². The summed E-state index contributed by atoms with van der Waals surface area (Å²) in [6.07, 6.45) is 4.55. The molecular formula is C11H21NO3S. The lowest BCUT2D eigenvalue weighted by Crippen LogP contribution is -2.40. The van der Waals surface area contributed by atoms with Crippen LogP contribution in [0.4, 0.5) is 0 Å². The highest BCUT2D eigenvalue weighted by atomic mass is 32.2. The number of nitrogens with two attached hydrogens (primary N) is 1. The van der Waals surface area contributed by atoms with Crippen LogP contribution in [0.5, 0.6) is 0 Å². The molecule has 5 heteroatoms. The lowest BCUT2D eigenvalue weighted by molar-refractivity contribution is 0.0981. The molecule has 2 rings (SSSR count). The predicted molar refractivity (Wildman–Crippen MR) is 63.0 cm³/mol. The minimum atomic E-state index is -2.94. The van der Waals surface area contributed by atoms with E-state index in [-0.39, 0.29) is 16.5 Å². The molecule has 1 aliphatic carbocycles. The van der Waals surface area contributed by atoms with Crippen molar-refractivity contribution in [3.63, 3.8) is 0 Å². The summed E-state index contributed by atoms with van der Waals surface area (Å²) >= 11 is 0. The monoisotopic (exact) mass is 247 g/mol. The van der Waals surface area contributed by atoms with Gasteiger partial charge in [-0.2, -0.15) is 0 Å². The van der Waals surface area contributed by atoms with Gasteiger partial charge in [0.1, 0.15) is 0 Å². The van der Waals surface area contributed by atoms with Crippen molar-refractivity contribution in [2.75, 3.05) is 13.2 Å². The van der Waals surface area contributed by atoms with Crippen molar-refractivity contribution >= 4 is 9.84 Å². The molecule has 0 radical (unpaired) electrons. The summed E-state index contributed by atoms with van der Waals surface area (Å²) in [5, 5.41) is -0.309. The van der Waals surface area contributed by atoms with Crippen LogP contribution in [0.15, 0.2) is 0 Å². The fraction of sp³-hybridized carbons (Fsp3) is 1.00. The van der Waals surface area contributed by atoms with Crippen molar-refractivity contribution < 1.29 is 13.2 Å². The van der Waals surface area contributed by atoms with Crippen LogP contribution in [-0.4, -0.2) is 38.2 Å². The van der Waals surface area contributed by atoms with E-state index in [2.05, 4.69) is 0 Å². The van der Waals surface area contributed by atoms with Gasteiger partial charge in [-0.15, -0.1) is 0 Å². The first kappa shape index (κ1) is 12.3. The van der Waals surface area contributed by atoms with Crippen molar-refractivity contribution in [2.24, 2.45) is 5.73 Å². The second-order valence-corrected chi connectivity index (χ2v) is 7.45. The molecule has 2 fully saturated rings. The van der Waals surface area contributed by atoms with Gasteiger partial charge in [0, 0.05) is 19.3 Å². The van der Waals surface area contributed by atoms with Gasteiger partial charge in [0.15, 0.2) is 9.84 Å². The van der Waals surface area contributed by atoms with Crippen molar-refractivity contribution in [1.29, 1.82) is 0 Å². The summed E-state index contributed by atoms with van der Waals surface area (Å²) in [5.41, 5.74) is 5.80. The van der Waals surface area contributed by atoms with Gasteiger partial charge in [0.2, 0.25) is 0 Å². The molecule has 0 aromatic rings. The van der Waals surface area contributed by atoms with E-state index in [4.69, 9.17) is 10.5 Å². The second-order valence-electron chi connectivity index (χ2n) is 4.94. The molecule has 1 aliphatic heterocycles. The zero-order valence-corrected chi connectivity index (χ0v) is 10.4. The molecule has 94 valence electrons. The average molecular weight is 247 g/mol. The third kappa shape index (κ3) is 2.57. The van der Waals surface area contributed by atoms with E-state index in [1.54, 1.807) is 0 Å². The molecule has 0 spiro atoms. The summed E-state index contributed by atoms with van der Waals surface area (Å²) in [6.45, 7) is 1.19. The topological polar surface area (TPSA) is 69.4 Å². The lowest BCUT2D eigenvalue weighted by Gasteiger charge is -2.31. The van der Waals surface area contributed by atoms with E-state index in [9.17, 15) is 8.42 Å². The van der Waals surface area contributed by atoms with Gasteiger partial charge >= 0.3 is 0 Å². The third-order valence-electron chi connectivity index (χ3n) is 3.82. The maximum atomic E-state index is 12.4. The molecule has 2 aliphatic rings. The molecule has 0 aromatic carbocycles. The Hall–Kier alpha value is -0.130. The number of ether oxygens (including phenoxy) is 1. The van der Waals surface area contributed by atoms with Crippen LogP contribution in [-0.2, 0) is 14.6 Å². The molecule has 2 N–H and O–H groups in total. The number of rotatable bonds is 2. The SMILES string of the molecule is NC1CCC(S(=O)(=O)C2CCOCC2)CC1. The molecular weight excluding hydrogens is 226 g/mol. The Balaban J connectivity index is 2.00. The summed E-state index contributed by atoms with van der Waals surface area (Å²) in [5.74, 6) is 0. The van der Waals surface area contributed by atoms with Gasteiger partial charge in [-0.1, -0.05) is 0 Å². The standard InChI is InChI=1S/C11H21NO3S/c12-9-1-3-10(4-2-9)16(13,14)11-5-7-15-8-6-11/h9-11H,1-8,12H2. The van der Waals surface area contributed by atoms with Gasteiger partial charge in [-0.3, -0.25) is 0 Å². The zero-order valence-electron chi connectivity index (χ0n) is 9.60. The highest BCUT2D eigenvalue weighted by Gasteiger charge is 2.36. The van der Waals surface area contributed by atoms with E-state index in [1.807, 2.05) is 0 Å². The number of hydrogen-bond acceptors (Lipinski definition) is 4. The summed E-state index contributed by atoms with van der Waals surface area (Å²) in [4.78, 5) is 0. The van der Waals surface area contributed by atoms with Gasteiger partial charge in [0.25, 0.3) is 0 Å². The Bertz CT molecular complexity index is 314. The van der Waals surface area contributed by atoms with Gasteiger partial charge in [-0.25, -0.2) is 8.42 Å². The number of sulfone groups is 1. The predicted octanol–water partition coefficient (Wildman–Crippen LogP) is 0.850. The molecule has 0 amide bonds. The van der Waals surface area contributed by atoms with Crippen molar-refractivity contribution in [3.05, 3.63) is 0 Å². The van der Waals surface area contributed by atoms with E-state index >= 15 is 0 Å². The van der Waals surface area contributed by atoms with Crippen LogP contribution >= 0.6 is 0 Å². The lowest BCUT2D eigenvalue weighted by atomic mass is 9.96. The molecule has 0 unspecified atom stereocenters. The molecule has 1 saturated carbocycles. The zero-order chi connectivity index (χ0) is 11.6. The van der Waals surface area contributed by atoms with Crippen LogP contribution in [0, 0.1) is 0 Å².